The zero-order valence-corrected chi connectivity index (χ0v) is 7.36. The predicted molar refractivity (Wildman–Crippen MR) is 46.5 cm³/mol. The number of Topliss-reactive ketones (excluding diaryl/α,β-unsaturated/α-hetero) is 1. The van der Waals surface area contributed by atoms with Gasteiger partial charge >= 0.3 is 6.21 Å². The number of ketones is 1. The molecule has 13 heavy (non-hydrogen) atoms. The molecule has 0 amide bonds. The van der Waals surface area contributed by atoms with Crippen LogP contribution in [0.25, 0.3) is 5.53 Å². The zero-order chi connectivity index (χ0) is 9.68. The third-order valence-electron chi connectivity index (χ3n) is 1.62. The lowest BCUT2D eigenvalue weighted by Gasteiger charge is -1.90. The Morgan fingerprint density at radius 3 is 3.00 bits per heavy atom. The summed E-state index contributed by atoms with van der Waals surface area (Å²) in [5.41, 5.74) is 8.06. The molecule has 0 saturated heterocycles. The van der Waals surface area contributed by atoms with Crippen LogP contribution in [0.2, 0.25) is 0 Å². The highest BCUT2D eigenvalue weighted by Gasteiger charge is 2.05. The molecule has 1 rings (SSSR count). The Bertz CT molecular complexity index is 348. The maximum atomic E-state index is 10.9. The fraction of sp³-hybridized carbons (Fsp3) is 0.333. The summed E-state index contributed by atoms with van der Waals surface area (Å²) >= 11 is 0. The fourth-order valence-corrected chi connectivity index (χ4v) is 0.995. The van der Waals surface area contributed by atoms with Crippen LogP contribution >= 0.6 is 0 Å². The molecule has 0 aliphatic rings. The van der Waals surface area contributed by atoms with Gasteiger partial charge in [0.2, 0.25) is 5.78 Å². The smallest absolute Gasteiger partial charge is 0.323 e. The van der Waals surface area contributed by atoms with Crippen molar-refractivity contribution in [2.24, 2.45) is 0 Å². The van der Waals surface area contributed by atoms with Crippen LogP contribution in [0.5, 0.6) is 0 Å². The summed E-state index contributed by atoms with van der Waals surface area (Å²) in [5, 5.41) is 0. The Labute approximate surface area is 75.8 Å². The lowest BCUT2D eigenvalue weighted by atomic mass is 10.2. The molecular formula is C9H10N2O2. The zero-order valence-electron chi connectivity index (χ0n) is 7.36. The summed E-state index contributed by atoms with van der Waals surface area (Å²) < 4.78 is 5.25. The molecule has 68 valence electrons. The van der Waals surface area contributed by atoms with Crippen molar-refractivity contribution in [3.8, 4) is 0 Å². The van der Waals surface area contributed by atoms with Crippen LogP contribution in [0.3, 0.4) is 0 Å². The number of hydrogen-bond donors (Lipinski definition) is 0. The van der Waals surface area contributed by atoms with Crippen LogP contribution in [-0.2, 0) is 11.2 Å². The van der Waals surface area contributed by atoms with Crippen molar-refractivity contribution in [3.05, 3.63) is 29.2 Å². The first-order valence-electron chi connectivity index (χ1n) is 3.98. The van der Waals surface area contributed by atoms with E-state index < -0.39 is 0 Å². The molecule has 4 nitrogen and oxygen atoms in total. The van der Waals surface area contributed by atoms with E-state index in [0.717, 1.165) is 17.7 Å². The second kappa shape index (κ2) is 4.38. The van der Waals surface area contributed by atoms with Gasteiger partial charge in [0.15, 0.2) is 0 Å². The minimum absolute atomic E-state index is 0.212. The van der Waals surface area contributed by atoms with Gasteiger partial charge in [0.25, 0.3) is 0 Å². The van der Waals surface area contributed by atoms with Gasteiger partial charge in [-0.25, -0.2) is 0 Å². The van der Waals surface area contributed by atoms with E-state index in [1.807, 2.05) is 19.1 Å². The topological polar surface area (TPSA) is 66.6 Å². The highest BCUT2D eigenvalue weighted by Crippen LogP contribution is 2.08. The molecule has 0 bridgehead atoms. The van der Waals surface area contributed by atoms with E-state index >= 15 is 0 Å². The van der Waals surface area contributed by atoms with E-state index in [0.29, 0.717) is 12.8 Å². The summed E-state index contributed by atoms with van der Waals surface area (Å²) in [5.74, 6) is 1.40. The van der Waals surface area contributed by atoms with Crippen LogP contribution in [-0.4, -0.2) is 16.8 Å². The van der Waals surface area contributed by atoms with Crippen molar-refractivity contribution < 1.29 is 14.0 Å². The van der Waals surface area contributed by atoms with E-state index in [1.165, 1.54) is 0 Å². The van der Waals surface area contributed by atoms with E-state index in [9.17, 15) is 4.79 Å². The Morgan fingerprint density at radius 2 is 2.46 bits per heavy atom. The molecule has 0 N–H and O–H groups in total. The average Bonchev–Trinajstić information content (AvgIpc) is 2.49. The van der Waals surface area contributed by atoms with Crippen molar-refractivity contribution in [1.29, 1.82) is 0 Å². The maximum absolute atomic E-state index is 10.9. The number of carbonyl (C=O) groups excluding carboxylic acids is 1. The van der Waals surface area contributed by atoms with Crippen LogP contribution in [0.1, 0.15) is 17.9 Å². The van der Waals surface area contributed by atoms with Gasteiger partial charge in [0.1, 0.15) is 11.5 Å². The van der Waals surface area contributed by atoms with Crippen molar-refractivity contribution in [3.63, 3.8) is 0 Å². The van der Waals surface area contributed by atoms with Gasteiger partial charge in [-0.2, -0.15) is 4.79 Å². The maximum Gasteiger partial charge on any atom is 0.323 e. The quantitative estimate of drug-likeness (QED) is 0.397. The highest BCUT2D eigenvalue weighted by atomic mass is 16.3. The molecular weight excluding hydrogens is 168 g/mol. The number of aryl methyl sites for hydroxylation is 2. The highest BCUT2D eigenvalue weighted by molar-refractivity contribution is 6.25. The predicted octanol–water partition coefficient (Wildman–Crippen LogP) is 1.39. The lowest BCUT2D eigenvalue weighted by molar-refractivity contribution is -0.116. The molecule has 0 aliphatic carbocycles. The monoisotopic (exact) mass is 178 g/mol. The number of carbonyl (C=O) groups is 1. The minimum atomic E-state index is -0.212. The second-order valence-electron chi connectivity index (χ2n) is 2.72. The molecule has 0 unspecified atom stereocenters. The van der Waals surface area contributed by atoms with E-state index in [4.69, 9.17) is 9.95 Å². The Balaban J connectivity index is 2.43. The van der Waals surface area contributed by atoms with E-state index in [1.54, 1.807) is 0 Å². The number of furan rings is 1. The van der Waals surface area contributed by atoms with Crippen LogP contribution in [0.15, 0.2) is 16.5 Å². The fourth-order valence-electron chi connectivity index (χ4n) is 0.995. The van der Waals surface area contributed by atoms with Crippen molar-refractivity contribution in [1.82, 2.24) is 0 Å². The first-order valence-corrected chi connectivity index (χ1v) is 3.98. The summed E-state index contributed by atoms with van der Waals surface area (Å²) in [7, 11) is 0. The van der Waals surface area contributed by atoms with Gasteiger partial charge in [-0.3, -0.25) is 4.79 Å². The molecule has 1 heterocycles. The summed E-state index contributed by atoms with van der Waals surface area (Å²) in [6.45, 7) is 1.85. The second-order valence-corrected chi connectivity index (χ2v) is 2.72. The first kappa shape index (κ1) is 9.42. The first-order chi connectivity index (χ1) is 6.22. The van der Waals surface area contributed by atoms with Gasteiger partial charge in [-0.15, -0.1) is 0 Å². The summed E-state index contributed by atoms with van der Waals surface area (Å²) in [6, 6.07) is 3.68. The molecule has 0 radical (unpaired) electrons. The minimum Gasteiger partial charge on any atom is -0.466 e. The number of nitrogens with zero attached hydrogens (tertiary/aromatic N) is 2. The van der Waals surface area contributed by atoms with Crippen molar-refractivity contribution in [2.45, 2.75) is 19.8 Å². The molecule has 0 atom stereocenters. The molecule has 0 aromatic carbocycles. The Hall–Kier alpha value is -1.67. The molecule has 0 saturated carbocycles. The third-order valence-corrected chi connectivity index (χ3v) is 1.62. The summed E-state index contributed by atoms with van der Waals surface area (Å²) in [6.07, 6.45) is 1.74. The standard InChI is InChI=1S/C9H10N2O2/c1-7-2-4-9(13-7)5-3-8(12)6-11-10/h2,4,6H,3,5H2,1H3. The van der Waals surface area contributed by atoms with Gasteiger partial charge in [0.05, 0.1) is 0 Å². The van der Waals surface area contributed by atoms with Gasteiger partial charge in [0, 0.05) is 12.8 Å². The van der Waals surface area contributed by atoms with Gasteiger partial charge in [-0.05, 0) is 19.1 Å². The SMILES string of the molecule is Cc1ccc(CCC(=O)C=[N+]=[N-])o1. The molecule has 4 heteroatoms. The van der Waals surface area contributed by atoms with E-state index in [2.05, 4.69) is 4.79 Å². The Morgan fingerprint density at radius 1 is 1.69 bits per heavy atom. The number of rotatable bonds is 4. The third kappa shape index (κ3) is 3.05. The molecule has 0 fully saturated rings. The van der Waals surface area contributed by atoms with Crippen LogP contribution in [0.4, 0.5) is 0 Å². The Kier molecular flexibility index (Phi) is 3.17. The summed E-state index contributed by atoms with van der Waals surface area (Å²) in [4.78, 5) is 13.5. The van der Waals surface area contributed by atoms with Gasteiger partial charge in [-0.1, -0.05) is 0 Å². The number of hydrogen-bond acceptors (Lipinski definition) is 2. The van der Waals surface area contributed by atoms with Crippen LogP contribution < -0.4 is 0 Å². The normalized spacial score (nSPS) is 9.31. The van der Waals surface area contributed by atoms with Crippen molar-refractivity contribution >= 4 is 12.0 Å². The molecule has 1 aromatic heterocycles. The average molecular weight is 178 g/mol. The van der Waals surface area contributed by atoms with Gasteiger partial charge < -0.3 is 9.95 Å². The van der Waals surface area contributed by atoms with Crippen LogP contribution in [0, 0.1) is 6.92 Å². The molecule has 0 spiro atoms. The van der Waals surface area contributed by atoms with Crippen molar-refractivity contribution in [2.75, 3.05) is 0 Å². The molecule has 1 aromatic rings. The lowest BCUT2D eigenvalue weighted by Crippen LogP contribution is -2.01. The largest absolute Gasteiger partial charge is 0.466 e. The van der Waals surface area contributed by atoms with E-state index in [-0.39, 0.29) is 5.78 Å². The molecule has 0 aliphatic heterocycles.